The van der Waals surface area contributed by atoms with E-state index in [1.165, 1.54) is 27.7 Å². The van der Waals surface area contributed by atoms with Crippen molar-refractivity contribution in [3.8, 4) is 0 Å². The maximum Gasteiger partial charge on any atom is 0.160 e. The standard InChI is InChI=1S/C22H30N4OS/c1-6-17-13-28-22-24-20(18-9-7-8-10-23-18)21(26(17)22)19-14(2)15(3)25(16(19)4)11-12-27-5/h7-10,17,20-21H,6,11-13H2,1-5H3/t17-,20+,21+/m1/s1. The van der Waals surface area contributed by atoms with E-state index in [9.17, 15) is 0 Å². The van der Waals surface area contributed by atoms with E-state index in [-0.39, 0.29) is 12.1 Å². The van der Waals surface area contributed by atoms with Crippen molar-refractivity contribution in [2.75, 3.05) is 19.5 Å². The second-order valence-corrected chi connectivity index (χ2v) is 8.68. The Morgan fingerprint density at radius 3 is 2.71 bits per heavy atom. The molecule has 1 saturated heterocycles. The van der Waals surface area contributed by atoms with Crippen molar-refractivity contribution in [1.29, 1.82) is 0 Å². The van der Waals surface area contributed by atoms with Gasteiger partial charge < -0.3 is 14.2 Å². The Bertz CT molecular complexity index is 876. The number of hydrogen-bond acceptors (Lipinski definition) is 5. The van der Waals surface area contributed by atoms with Crippen LogP contribution in [-0.4, -0.2) is 45.1 Å². The highest BCUT2D eigenvalue weighted by molar-refractivity contribution is 8.14. The van der Waals surface area contributed by atoms with Crippen LogP contribution >= 0.6 is 11.8 Å². The van der Waals surface area contributed by atoms with Crippen LogP contribution in [0, 0.1) is 20.8 Å². The fourth-order valence-electron chi connectivity index (χ4n) is 4.68. The number of hydrogen-bond donors (Lipinski definition) is 0. The summed E-state index contributed by atoms with van der Waals surface area (Å²) in [5.74, 6) is 1.13. The maximum absolute atomic E-state index is 5.36. The third-order valence-electron chi connectivity index (χ3n) is 6.29. The van der Waals surface area contributed by atoms with E-state index in [0.717, 1.165) is 31.0 Å². The predicted molar refractivity (Wildman–Crippen MR) is 116 cm³/mol. The average Bonchev–Trinajstić information content (AvgIpc) is 3.34. The molecule has 4 rings (SSSR count). The molecule has 4 heterocycles. The summed E-state index contributed by atoms with van der Waals surface area (Å²) in [5.41, 5.74) is 6.52. The zero-order valence-corrected chi connectivity index (χ0v) is 18.3. The van der Waals surface area contributed by atoms with Crippen LogP contribution in [0.5, 0.6) is 0 Å². The van der Waals surface area contributed by atoms with Crippen LogP contribution in [0.1, 0.15) is 53.6 Å². The molecule has 0 unspecified atom stereocenters. The summed E-state index contributed by atoms with van der Waals surface area (Å²) >= 11 is 1.90. The van der Waals surface area contributed by atoms with Crippen molar-refractivity contribution in [1.82, 2.24) is 14.5 Å². The molecule has 0 saturated carbocycles. The molecule has 2 aliphatic rings. The van der Waals surface area contributed by atoms with Crippen molar-refractivity contribution in [2.24, 2.45) is 4.99 Å². The van der Waals surface area contributed by atoms with E-state index >= 15 is 0 Å². The second-order valence-electron chi connectivity index (χ2n) is 7.69. The van der Waals surface area contributed by atoms with Crippen LogP contribution in [0.4, 0.5) is 0 Å². The highest BCUT2D eigenvalue weighted by Gasteiger charge is 2.47. The first-order chi connectivity index (χ1) is 13.6. The second kappa shape index (κ2) is 7.91. The highest BCUT2D eigenvalue weighted by Crippen LogP contribution is 2.50. The molecule has 0 spiro atoms. The van der Waals surface area contributed by atoms with Gasteiger partial charge in [0.05, 0.1) is 18.3 Å². The van der Waals surface area contributed by atoms with Gasteiger partial charge >= 0.3 is 0 Å². The van der Waals surface area contributed by atoms with Crippen molar-refractivity contribution < 1.29 is 4.74 Å². The minimum Gasteiger partial charge on any atom is -0.383 e. The summed E-state index contributed by atoms with van der Waals surface area (Å²) in [6, 6.07) is 6.97. The smallest absolute Gasteiger partial charge is 0.160 e. The lowest BCUT2D eigenvalue weighted by Gasteiger charge is -2.32. The molecule has 1 fully saturated rings. The number of aliphatic imine (C=N–C) groups is 1. The van der Waals surface area contributed by atoms with Gasteiger partial charge in [-0.2, -0.15) is 0 Å². The van der Waals surface area contributed by atoms with Crippen LogP contribution in [0.3, 0.4) is 0 Å². The lowest BCUT2D eigenvalue weighted by atomic mass is 9.92. The monoisotopic (exact) mass is 398 g/mol. The summed E-state index contributed by atoms with van der Waals surface area (Å²) in [4.78, 5) is 12.4. The van der Waals surface area contributed by atoms with Gasteiger partial charge in [-0.15, -0.1) is 0 Å². The summed E-state index contributed by atoms with van der Waals surface area (Å²) in [6.45, 7) is 10.6. The molecule has 150 valence electrons. The Hall–Kier alpha value is -1.79. The van der Waals surface area contributed by atoms with E-state index in [4.69, 9.17) is 9.73 Å². The average molecular weight is 399 g/mol. The summed E-state index contributed by atoms with van der Waals surface area (Å²) < 4.78 is 7.77. The lowest BCUT2D eigenvalue weighted by Crippen LogP contribution is -2.35. The van der Waals surface area contributed by atoms with E-state index in [2.05, 4.69) is 54.3 Å². The third kappa shape index (κ3) is 3.07. The number of nitrogens with zero attached hydrogens (tertiary/aromatic N) is 4. The quantitative estimate of drug-likeness (QED) is 0.722. The molecule has 6 heteroatoms. The Kier molecular flexibility index (Phi) is 5.52. The Morgan fingerprint density at radius 1 is 1.21 bits per heavy atom. The van der Waals surface area contributed by atoms with E-state index in [0.29, 0.717) is 6.04 Å². The van der Waals surface area contributed by atoms with Gasteiger partial charge in [-0.1, -0.05) is 24.8 Å². The largest absolute Gasteiger partial charge is 0.383 e. The summed E-state index contributed by atoms with van der Waals surface area (Å²) in [5, 5.41) is 1.19. The minimum absolute atomic E-state index is 0.0492. The van der Waals surface area contributed by atoms with Gasteiger partial charge in [0.2, 0.25) is 0 Å². The molecular weight excluding hydrogens is 368 g/mol. The molecule has 0 amide bonds. The number of ether oxygens (including phenoxy) is 1. The van der Waals surface area contributed by atoms with Crippen LogP contribution in [0.25, 0.3) is 0 Å². The fraction of sp³-hybridized carbons (Fsp3) is 0.545. The van der Waals surface area contributed by atoms with Crippen molar-refractivity contribution in [2.45, 2.75) is 58.8 Å². The van der Waals surface area contributed by atoms with Gasteiger partial charge in [0.25, 0.3) is 0 Å². The number of rotatable bonds is 6. The molecule has 28 heavy (non-hydrogen) atoms. The Balaban J connectivity index is 1.83. The lowest BCUT2D eigenvalue weighted by molar-refractivity contribution is 0.186. The van der Waals surface area contributed by atoms with Crippen molar-refractivity contribution in [3.05, 3.63) is 52.6 Å². The molecule has 2 aromatic heterocycles. The predicted octanol–water partition coefficient (Wildman–Crippen LogP) is 4.43. The van der Waals surface area contributed by atoms with E-state index in [1.807, 2.05) is 24.0 Å². The van der Waals surface area contributed by atoms with Gasteiger partial charge in [0.15, 0.2) is 5.17 Å². The molecular formula is C22H30N4OS. The Morgan fingerprint density at radius 2 is 2.04 bits per heavy atom. The number of methoxy groups -OCH3 is 1. The molecule has 3 atom stereocenters. The molecule has 2 aliphatic heterocycles. The number of aromatic nitrogens is 2. The van der Waals surface area contributed by atoms with Crippen LogP contribution in [0.15, 0.2) is 29.4 Å². The van der Waals surface area contributed by atoms with Gasteiger partial charge in [-0.3, -0.25) is 9.98 Å². The highest BCUT2D eigenvalue weighted by atomic mass is 32.2. The SMILES string of the molecule is CC[C@@H]1CSC2=N[C@@H](c3ccccn3)[C@H](c3c(C)c(C)n(CCOC)c3C)N21. The zero-order valence-electron chi connectivity index (χ0n) is 17.5. The Labute approximate surface area is 172 Å². The first-order valence-corrected chi connectivity index (χ1v) is 11.1. The normalized spacial score (nSPS) is 24.0. The van der Waals surface area contributed by atoms with Crippen molar-refractivity contribution in [3.63, 3.8) is 0 Å². The van der Waals surface area contributed by atoms with Crippen LogP contribution < -0.4 is 0 Å². The number of pyridine rings is 1. The van der Waals surface area contributed by atoms with Gasteiger partial charge in [0, 0.05) is 48.6 Å². The molecule has 0 bridgehead atoms. The molecule has 0 aromatic carbocycles. The van der Waals surface area contributed by atoms with Crippen LogP contribution in [0.2, 0.25) is 0 Å². The van der Waals surface area contributed by atoms with Gasteiger partial charge in [0.1, 0.15) is 6.04 Å². The summed E-state index contributed by atoms with van der Waals surface area (Å²) in [6.07, 6.45) is 3.02. The maximum atomic E-state index is 5.36. The molecule has 2 aromatic rings. The van der Waals surface area contributed by atoms with E-state index in [1.54, 1.807) is 7.11 Å². The molecule has 0 N–H and O–H groups in total. The minimum atomic E-state index is 0.0492. The molecule has 0 aliphatic carbocycles. The number of thioether (sulfide) groups is 1. The topological polar surface area (TPSA) is 42.6 Å². The van der Waals surface area contributed by atoms with Crippen LogP contribution in [-0.2, 0) is 11.3 Å². The fourth-order valence-corrected chi connectivity index (χ4v) is 6.02. The molecule has 5 nitrogen and oxygen atoms in total. The van der Waals surface area contributed by atoms with Crippen molar-refractivity contribution >= 4 is 16.9 Å². The van der Waals surface area contributed by atoms with Gasteiger partial charge in [-0.05, 0) is 44.9 Å². The number of fused-ring (bicyclic) bond motifs is 1. The van der Waals surface area contributed by atoms with Gasteiger partial charge in [-0.25, -0.2) is 0 Å². The first kappa shape index (κ1) is 19.5. The third-order valence-corrected chi connectivity index (χ3v) is 7.42. The summed E-state index contributed by atoms with van der Waals surface area (Å²) in [7, 11) is 1.77. The number of amidine groups is 1. The molecule has 0 radical (unpaired) electrons. The zero-order chi connectivity index (χ0) is 19.8. The first-order valence-electron chi connectivity index (χ1n) is 10.1. The van der Waals surface area contributed by atoms with E-state index < -0.39 is 0 Å².